The van der Waals surface area contributed by atoms with E-state index < -0.39 is 0 Å². The molecule has 6 nitrogen and oxygen atoms in total. The van der Waals surface area contributed by atoms with Crippen LogP contribution in [0.2, 0.25) is 0 Å². The Kier molecular flexibility index (Phi) is 5.25. The first-order valence-corrected chi connectivity index (χ1v) is 8.53. The molecular formula is C18H25N5O. The van der Waals surface area contributed by atoms with Gasteiger partial charge in [-0.2, -0.15) is 0 Å². The van der Waals surface area contributed by atoms with E-state index in [1.807, 2.05) is 11.6 Å². The van der Waals surface area contributed by atoms with Crippen LogP contribution in [0, 0.1) is 0 Å². The van der Waals surface area contributed by atoms with Gasteiger partial charge in [0.25, 0.3) is 0 Å². The van der Waals surface area contributed by atoms with Crippen LogP contribution in [0.4, 0.5) is 0 Å². The Morgan fingerprint density at radius 3 is 2.88 bits per heavy atom. The number of benzene rings is 1. The first-order valence-electron chi connectivity index (χ1n) is 8.53. The fourth-order valence-corrected chi connectivity index (χ4v) is 3.25. The number of aryl methyl sites for hydroxylation is 2. The molecule has 1 aliphatic heterocycles. The van der Waals surface area contributed by atoms with Crippen molar-refractivity contribution < 1.29 is 4.79 Å². The number of rotatable bonds is 6. The lowest BCUT2D eigenvalue weighted by atomic mass is 10.00. The molecule has 2 aromatic rings. The zero-order valence-corrected chi connectivity index (χ0v) is 14.4. The van der Waals surface area contributed by atoms with Crippen molar-refractivity contribution in [3.05, 3.63) is 47.5 Å². The van der Waals surface area contributed by atoms with Crippen molar-refractivity contribution in [3.63, 3.8) is 0 Å². The number of carbonyl (C=O) groups excluding carboxylic acids is 1. The van der Waals surface area contributed by atoms with Gasteiger partial charge in [-0.15, -0.1) is 10.2 Å². The molecule has 0 unspecified atom stereocenters. The van der Waals surface area contributed by atoms with Crippen LogP contribution in [0.1, 0.15) is 30.3 Å². The number of hydrogen-bond acceptors (Lipinski definition) is 4. The lowest BCUT2D eigenvalue weighted by Gasteiger charge is -2.31. The SMILES string of the molecule is C[C@H](CN1CCc2ccccc2C1)NC(=O)CCc1nncn1C. The average Bonchev–Trinajstić information content (AvgIpc) is 2.98. The maximum Gasteiger partial charge on any atom is 0.220 e. The first kappa shape index (κ1) is 16.6. The summed E-state index contributed by atoms with van der Waals surface area (Å²) < 4.78 is 1.85. The highest BCUT2D eigenvalue weighted by atomic mass is 16.1. The average molecular weight is 327 g/mol. The Hall–Kier alpha value is -2.21. The van der Waals surface area contributed by atoms with Gasteiger partial charge in [0.05, 0.1) is 0 Å². The van der Waals surface area contributed by atoms with Gasteiger partial charge >= 0.3 is 0 Å². The minimum absolute atomic E-state index is 0.0721. The van der Waals surface area contributed by atoms with E-state index in [-0.39, 0.29) is 11.9 Å². The first-order chi connectivity index (χ1) is 11.6. The summed E-state index contributed by atoms with van der Waals surface area (Å²) >= 11 is 0. The number of nitrogens with zero attached hydrogens (tertiary/aromatic N) is 4. The molecule has 6 heteroatoms. The van der Waals surface area contributed by atoms with E-state index in [4.69, 9.17) is 0 Å². The minimum Gasteiger partial charge on any atom is -0.352 e. The zero-order chi connectivity index (χ0) is 16.9. The molecule has 128 valence electrons. The predicted octanol–water partition coefficient (Wildman–Crippen LogP) is 1.31. The third-order valence-corrected chi connectivity index (χ3v) is 4.53. The van der Waals surface area contributed by atoms with E-state index in [1.165, 1.54) is 11.1 Å². The molecule has 0 aliphatic carbocycles. The van der Waals surface area contributed by atoms with Crippen LogP contribution >= 0.6 is 0 Å². The lowest BCUT2D eigenvalue weighted by Crippen LogP contribution is -2.43. The fraction of sp³-hybridized carbons (Fsp3) is 0.500. The monoisotopic (exact) mass is 327 g/mol. The van der Waals surface area contributed by atoms with E-state index in [0.717, 1.165) is 31.9 Å². The summed E-state index contributed by atoms with van der Waals surface area (Å²) in [5.41, 5.74) is 2.86. The number of aromatic nitrogens is 3. The van der Waals surface area contributed by atoms with Crippen LogP contribution in [-0.4, -0.2) is 44.7 Å². The minimum atomic E-state index is 0.0721. The van der Waals surface area contributed by atoms with Crippen LogP contribution in [-0.2, 0) is 31.2 Å². The lowest BCUT2D eigenvalue weighted by molar-refractivity contribution is -0.121. The molecule has 2 heterocycles. The number of carbonyl (C=O) groups is 1. The second kappa shape index (κ2) is 7.57. The van der Waals surface area contributed by atoms with Gasteiger partial charge in [-0.05, 0) is 24.5 Å². The summed E-state index contributed by atoms with van der Waals surface area (Å²) in [6.07, 6.45) is 3.80. The molecule has 0 spiro atoms. The molecular weight excluding hydrogens is 302 g/mol. The molecule has 0 fully saturated rings. The van der Waals surface area contributed by atoms with Gasteiger partial charge in [0.2, 0.25) is 5.91 Å². The van der Waals surface area contributed by atoms with Crippen molar-refractivity contribution in [2.45, 2.75) is 38.8 Å². The predicted molar refractivity (Wildman–Crippen MR) is 92.4 cm³/mol. The fourth-order valence-electron chi connectivity index (χ4n) is 3.25. The van der Waals surface area contributed by atoms with E-state index in [9.17, 15) is 4.79 Å². The van der Waals surface area contributed by atoms with E-state index in [2.05, 4.69) is 51.6 Å². The Labute approximate surface area is 142 Å². The van der Waals surface area contributed by atoms with Gasteiger partial charge in [-0.1, -0.05) is 24.3 Å². The second-order valence-electron chi connectivity index (χ2n) is 6.58. The van der Waals surface area contributed by atoms with Crippen molar-refractivity contribution in [2.24, 2.45) is 7.05 Å². The van der Waals surface area contributed by atoms with Crippen LogP contribution < -0.4 is 5.32 Å². The van der Waals surface area contributed by atoms with Gasteiger partial charge in [0, 0.05) is 45.6 Å². The van der Waals surface area contributed by atoms with Crippen LogP contribution in [0.3, 0.4) is 0 Å². The molecule has 0 saturated carbocycles. The quantitative estimate of drug-likeness (QED) is 0.869. The molecule has 0 saturated heterocycles. The summed E-state index contributed by atoms with van der Waals surface area (Å²) in [5.74, 6) is 0.911. The largest absolute Gasteiger partial charge is 0.352 e. The number of amides is 1. The standard InChI is InChI=1S/C18H25N5O/c1-14(20-18(24)8-7-17-21-19-13-22(17)2)11-23-10-9-15-5-3-4-6-16(15)12-23/h3-6,13-14H,7-12H2,1-2H3,(H,20,24)/t14-/m1/s1. The van der Waals surface area contributed by atoms with Gasteiger partial charge in [0.15, 0.2) is 0 Å². The highest BCUT2D eigenvalue weighted by molar-refractivity contribution is 5.76. The maximum atomic E-state index is 12.1. The topological polar surface area (TPSA) is 63.1 Å². The van der Waals surface area contributed by atoms with Crippen LogP contribution in [0.25, 0.3) is 0 Å². The molecule has 1 N–H and O–H groups in total. The summed E-state index contributed by atoms with van der Waals surface area (Å²) in [6.45, 7) is 4.97. The van der Waals surface area contributed by atoms with Gasteiger partial charge in [0.1, 0.15) is 12.2 Å². The molecule has 0 radical (unpaired) electrons. The Balaban J connectivity index is 1.43. The van der Waals surface area contributed by atoms with Crippen molar-refractivity contribution in [2.75, 3.05) is 13.1 Å². The van der Waals surface area contributed by atoms with E-state index in [1.54, 1.807) is 6.33 Å². The highest BCUT2D eigenvalue weighted by Crippen LogP contribution is 2.18. The molecule has 1 aliphatic rings. The maximum absolute atomic E-state index is 12.1. The third kappa shape index (κ3) is 4.20. The van der Waals surface area contributed by atoms with E-state index in [0.29, 0.717) is 12.8 Å². The molecule has 1 aromatic heterocycles. The second-order valence-corrected chi connectivity index (χ2v) is 6.58. The Bertz CT molecular complexity index is 696. The molecule has 0 bridgehead atoms. The zero-order valence-electron chi connectivity index (χ0n) is 14.4. The Morgan fingerprint density at radius 1 is 1.33 bits per heavy atom. The molecule has 1 amide bonds. The summed E-state index contributed by atoms with van der Waals surface area (Å²) in [5, 5.41) is 10.9. The van der Waals surface area contributed by atoms with Gasteiger partial charge < -0.3 is 9.88 Å². The molecule has 3 rings (SSSR count). The highest BCUT2D eigenvalue weighted by Gasteiger charge is 2.18. The van der Waals surface area contributed by atoms with E-state index >= 15 is 0 Å². The smallest absolute Gasteiger partial charge is 0.220 e. The Morgan fingerprint density at radius 2 is 2.12 bits per heavy atom. The van der Waals surface area contributed by atoms with Crippen molar-refractivity contribution in [1.29, 1.82) is 0 Å². The summed E-state index contributed by atoms with van der Waals surface area (Å²) in [7, 11) is 1.89. The number of nitrogens with one attached hydrogen (secondary N) is 1. The van der Waals surface area contributed by atoms with Crippen LogP contribution in [0.5, 0.6) is 0 Å². The molecule has 1 aromatic carbocycles. The van der Waals surface area contributed by atoms with Crippen molar-refractivity contribution >= 4 is 5.91 Å². The van der Waals surface area contributed by atoms with Crippen molar-refractivity contribution in [1.82, 2.24) is 25.0 Å². The number of hydrogen-bond donors (Lipinski definition) is 1. The van der Waals surface area contributed by atoms with Crippen molar-refractivity contribution in [3.8, 4) is 0 Å². The molecule has 1 atom stereocenters. The normalized spacial score (nSPS) is 15.8. The van der Waals surface area contributed by atoms with Gasteiger partial charge in [-0.25, -0.2) is 0 Å². The van der Waals surface area contributed by atoms with Gasteiger partial charge in [-0.3, -0.25) is 9.69 Å². The third-order valence-electron chi connectivity index (χ3n) is 4.53. The number of fused-ring (bicyclic) bond motifs is 1. The summed E-state index contributed by atoms with van der Waals surface area (Å²) in [6, 6.07) is 8.76. The molecule has 24 heavy (non-hydrogen) atoms. The summed E-state index contributed by atoms with van der Waals surface area (Å²) in [4.78, 5) is 14.5. The van der Waals surface area contributed by atoms with Crippen LogP contribution in [0.15, 0.2) is 30.6 Å².